The molecule has 0 spiro atoms. The second-order valence-corrected chi connectivity index (χ2v) is 3.50. The fraction of sp³-hybridized carbons (Fsp3) is 0.667. The Labute approximate surface area is 71.8 Å². The van der Waals surface area contributed by atoms with Crippen molar-refractivity contribution in [2.45, 2.75) is 18.4 Å². The number of fused-ring (bicyclic) bond motifs is 2. The minimum Gasteiger partial charge on any atom is -0.467 e. The Morgan fingerprint density at radius 2 is 2.58 bits per heavy atom. The molecule has 3 aliphatic rings. The Kier molecular flexibility index (Phi) is 1.68. The third-order valence-electron chi connectivity index (χ3n) is 2.79. The number of carbonyl (C=O) groups excluding carboxylic acids is 1. The fourth-order valence-electron chi connectivity index (χ4n) is 1.95. The molecule has 3 heteroatoms. The number of hydrogen-bond donors (Lipinski definition) is 1. The third-order valence-corrected chi connectivity index (χ3v) is 2.79. The quantitative estimate of drug-likeness (QED) is 0.455. The van der Waals surface area contributed by atoms with Gasteiger partial charge in [-0.3, -0.25) is 5.32 Å². The van der Waals surface area contributed by atoms with Crippen molar-refractivity contribution in [2.75, 3.05) is 13.7 Å². The van der Waals surface area contributed by atoms with E-state index in [1.54, 1.807) is 0 Å². The lowest BCUT2D eigenvalue weighted by Crippen LogP contribution is -2.58. The van der Waals surface area contributed by atoms with E-state index in [4.69, 9.17) is 4.74 Å². The van der Waals surface area contributed by atoms with Crippen molar-refractivity contribution in [3.63, 3.8) is 0 Å². The van der Waals surface area contributed by atoms with Crippen LogP contribution in [-0.2, 0) is 9.53 Å². The summed E-state index contributed by atoms with van der Waals surface area (Å²) in [5, 5.41) is 3.22. The van der Waals surface area contributed by atoms with Gasteiger partial charge in [0, 0.05) is 6.54 Å². The highest BCUT2D eigenvalue weighted by atomic mass is 16.5. The summed E-state index contributed by atoms with van der Waals surface area (Å²) in [5.41, 5.74) is -0.497. The van der Waals surface area contributed by atoms with Crippen LogP contribution in [0.5, 0.6) is 0 Å². The lowest BCUT2D eigenvalue weighted by molar-refractivity contribution is -0.148. The van der Waals surface area contributed by atoms with E-state index in [0.717, 1.165) is 19.4 Å². The first kappa shape index (κ1) is 7.80. The molecule has 2 bridgehead atoms. The largest absolute Gasteiger partial charge is 0.467 e. The average molecular weight is 167 g/mol. The van der Waals surface area contributed by atoms with Crippen molar-refractivity contribution < 1.29 is 9.53 Å². The summed E-state index contributed by atoms with van der Waals surface area (Å²) in [6.07, 6.45) is 6.05. The number of esters is 1. The zero-order valence-corrected chi connectivity index (χ0v) is 7.17. The number of hydrogen-bond acceptors (Lipinski definition) is 3. The summed E-state index contributed by atoms with van der Waals surface area (Å²) in [7, 11) is 1.44. The number of piperidine rings is 1. The zero-order valence-electron chi connectivity index (χ0n) is 7.17. The molecule has 0 aromatic carbocycles. The van der Waals surface area contributed by atoms with Crippen LogP contribution in [0.4, 0.5) is 0 Å². The molecule has 0 radical (unpaired) electrons. The van der Waals surface area contributed by atoms with Crippen LogP contribution in [0.1, 0.15) is 12.8 Å². The molecule has 3 nitrogen and oxygen atoms in total. The molecule has 66 valence electrons. The van der Waals surface area contributed by atoms with Gasteiger partial charge in [0.2, 0.25) is 0 Å². The molecule has 0 amide bonds. The average Bonchev–Trinajstić information content (AvgIpc) is 2.19. The van der Waals surface area contributed by atoms with E-state index in [2.05, 4.69) is 11.4 Å². The van der Waals surface area contributed by atoms with Gasteiger partial charge in [-0.1, -0.05) is 12.2 Å². The van der Waals surface area contributed by atoms with Crippen LogP contribution in [0.15, 0.2) is 12.2 Å². The predicted molar refractivity (Wildman–Crippen MR) is 44.6 cm³/mol. The minimum atomic E-state index is -0.497. The molecule has 2 atom stereocenters. The molecule has 0 aromatic rings. The molecule has 12 heavy (non-hydrogen) atoms. The second kappa shape index (κ2) is 2.59. The van der Waals surface area contributed by atoms with Gasteiger partial charge in [0.25, 0.3) is 0 Å². The summed E-state index contributed by atoms with van der Waals surface area (Å²) in [6.45, 7) is 0.908. The molecule has 1 aliphatic carbocycles. The van der Waals surface area contributed by atoms with Crippen molar-refractivity contribution in [3.8, 4) is 0 Å². The van der Waals surface area contributed by atoms with Crippen LogP contribution in [0.25, 0.3) is 0 Å². The maximum absolute atomic E-state index is 11.4. The van der Waals surface area contributed by atoms with Crippen LogP contribution in [-0.4, -0.2) is 25.2 Å². The van der Waals surface area contributed by atoms with Crippen molar-refractivity contribution >= 4 is 5.97 Å². The van der Waals surface area contributed by atoms with Crippen molar-refractivity contribution in [2.24, 2.45) is 5.92 Å². The van der Waals surface area contributed by atoms with E-state index >= 15 is 0 Å². The first-order valence-electron chi connectivity index (χ1n) is 4.30. The molecule has 1 saturated heterocycles. The molecule has 2 heterocycles. The summed E-state index contributed by atoms with van der Waals surface area (Å²) < 4.78 is 4.76. The highest BCUT2D eigenvalue weighted by Crippen LogP contribution is 2.31. The number of methoxy groups -OCH3 is 1. The lowest BCUT2D eigenvalue weighted by Gasteiger charge is -2.40. The molecule has 1 N–H and O–H groups in total. The lowest BCUT2D eigenvalue weighted by atomic mass is 9.78. The van der Waals surface area contributed by atoms with E-state index < -0.39 is 5.54 Å². The maximum Gasteiger partial charge on any atom is 0.330 e. The highest BCUT2D eigenvalue weighted by Gasteiger charge is 2.43. The predicted octanol–water partition coefficient (Wildman–Crippen LogP) is 0.468. The van der Waals surface area contributed by atoms with Crippen LogP contribution in [0.2, 0.25) is 0 Å². The highest BCUT2D eigenvalue weighted by molar-refractivity contribution is 5.84. The van der Waals surface area contributed by atoms with Gasteiger partial charge in [-0.05, 0) is 18.8 Å². The first-order valence-corrected chi connectivity index (χ1v) is 4.30. The molecule has 1 fully saturated rings. The van der Waals surface area contributed by atoms with E-state index in [9.17, 15) is 4.79 Å². The first-order chi connectivity index (χ1) is 5.77. The SMILES string of the molecule is COC(=O)C12C=CC(CC1)CN2. The van der Waals surface area contributed by atoms with Gasteiger partial charge >= 0.3 is 5.97 Å². The van der Waals surface area contributed by atoms with Crippen molar-refractivity contribution in [1.29, 1.82) is 0 Å². The molecule has 2 aliphatic heterocycles. The van der Waals surface area contributed by atoms with E-state index in [1.807, 2.05) is 6.08 Å². The fourth-order valence-corrected chi connectivity index (χ4v) is 1.95. The van der Waals surface area contributed by atoms with Crippen molar-refractivity contribution in [1.82, 2.24) is 5.32 Å². The molecule has 2 unspecified atom stereocenters. The van der Waals surface area contributed by atoms with E-state index in [1.165, 1.54) is 7.11 Å². The van der Waals surface area contributed by atoms with Crippen LogP contribution in [0.3, 0.4) is 0 Å². The summed E-state index contributed by atoms with van der Waals surface area (Å²) in [6, 6.07) is 0. The van der Waals surface area contributed by atoms with Crippen LogP contribution in [0, 0.1) is 5.92 Å². The standard InChI is InChI=1S/C9H13NO2/c1-12-8(11)9-4-2-7(3-5-9)6-10-9/h2,4,7,10H,3,5-6H2,1H3. The van der Waals surface area contributed by atoms with E-state index in [0.29, 0.717) is 5.92 Å². The monoisotopic (exact) mass is 167 g/mol. The molecule has 0 aromatic heterocycles. The number of nitrogens with one attached hydrogen (secondary N) is 1. The zero-order chi connectivity index (χ0) is 8.60. The van der Waals surface area contributed by atoms with Gasteiger partial charge in [0.1, 0.15) is 5.54 Å². The molecule has 0 saturated carbocycles. The van der Waals surface area contributed by atoms with Crippen molar-refractivity contribution in [3.05, 3.63) is 12.2 Å². The third kappa shape index (κ3) is 0.966. The van der Waals surface area contributed by atoms with Gasteiger partial charge in [0.05, 0.1) is 7.11 Å². The van der Waals surface area contributed by atoms with Gasteiger partial charge in [-0.2, -0.15) is 0 Å². The smallest absolute Gasteiger partial charge is 0.330 e. The van der Waals surface area contributed by atoms with Gasteiger partial charge in [-0.25, -0.2) is 4.79 Å². The number of ether oxygens (including phenoxy) is 1. The molecular weight excluding hydrogens is 154 g/mol. The number of carbonyl (C=O) groups is 1. The van der Waals surface area contributed by atoms with E-state index in [-0.39, 0.29) is 5.97 Å². The maximum atomic E-state index is 11.4. The Bertz CT molecular complexity index is 227. The summed E-state index contributed by atoms with van der Waals surface area (Å²) in [5.74, 6) is 0.466. The second-order valence-electron chi connectivity index (χ2n) is 3.50. The number of rotatable bonds is 1. The molecule has 3 rings (SSSR count). The Morgan fingerprint density at radius 1 is 1.75 bits per heavy atom. The Hall–Kier alpha value is -0.830. The van der Waals surface area contributed by atoms with Crippen LogP contribution < -0.4 is 5.32 Å². The summed E-state index contributed by atoms with van der Waals surface area (Å²) >= 11 is 0. The molecular formula is C9H13NO2. The van der Waals surface area contributed by atoms with Crippen LogP contribution >= 0.6 is 0 Å². The van der Waals surface area contributed by atoms with Gasteiger partial charge in [-0.15, -0.1) is 0 Å². The van der Waals surface area contributed by atoms with Gasteiger partial charge in [0.15, 0.2) is 0 Å². The Morgan fingerprint density at radius 3 is 3.00 bits per heavy atom. The Balaban J connectivity index is 2.25. The minimum absolute atomic E-state index is 0.156. The summed E-state index contributed by atoms with van der Waals surface area (Å²) in [4.78, 5) is 11.4. The van der Waals surface area contributed by atoms with Gasteiger partial charge < -0.3 is 4.74 Å². The normalized spacial score (nSPS) is 38.2. The topological polar surface area (TPSA) is 38.3 Å².